The molecule has 0 radical (unpaired) electrons. The number of likely N-dealkylation sites (tertiary alicyclic amines) is 2. The van der Waals surface area contributed by atoms with Crippen LogP contribution < -0.4 is 5.32 Å². The van der Waals surface area contributed by atoms with Gasteiger partial charge < -0.3 is 15.1 Å². The van der Waals surface area contributed by atoms with E-state index in [1.54, 1.807) is 12.7 Å². The number of urea groups is 1. The van der Waals surface area contributed by atoms with Crippen molar-refractivity contribution in [3.05, 3.63) is 12.7 Å². The van der Waals surface area contributed by atoms with Crippen molar-refractivity contribution in [2.24, 2.45) is 5.92 Å². The molecule has 8 nitrogen and oxygen atoms in total. The standard InChI is InChI=1S/C17H28N6O2/c1-17(2,3)23-10-14(8-15(23)24)20-16(25)21-6-4-13(5-7-21)9-22-12-18-11-19-22/h11-14H,4-10H2,1-3H3,(H,20,25)/t14-/m1/s1. The Balaban J connectivity index is 1.45. The van der Waals surface area contributed by atoms with Gasteiger partial charge in [0.2, 0.25) is 5.91 Å². The lowest BCUT2D eigenvalue weighted by atomic mass is 9.97. The molecule has 0 unspecified atom stereocenters. The molecule has 3 rings (SSSR count). The maximum Gasteiger partial charge on any atom is 0.317 e. The van der Waals surface area contributed by atoms with Crippen LogP contribution in [0.3, 0.4) is 0 Å². The summed E-state index contributed by atoms with van der Waals surface area (Å²) in [6.07, 6.45) is 5.60. The van der Waals surface area contributed by atoms with Gasteiger partial charge in [0.1, 0.15) is 12.7 Å². The van der Waals surface area contributed by atoms with E-state index in [0.717, 1.165) is 32.5 Å². The highest BCUT2D eigenvalue weighted by molar-refractivity contribution is 5.82. The first-order chi connectivity index (χ1) is 11.8. The number of hydrogen-bond donors (Lipinski definition) is 1. The Labute approximate surface area is 148 Å². The van der Waals surface area contributed by atoms with Gasteiger partial charge in [0, 0.05) is 38.1 Å². The maximum atomic E-state index is 12.5. The summed E-state index contributed by atoms with van der Waals surface area (Å²) in [7, 11) is 0. The summed E-state index contributed by atoms with van der Waals surface area (Å²) >= 11 is 0. The molecule has 0 aliphatic carbocycles. The molecule has 25 heavy (non-hydrogen) atoms. The molecule has 2 saturated heterocycles. The minimum absolute atomic E-state index is 0.0484. The Kier molecular flexibility index (Phi) is 4.96. The van der Waals surface area contributed by atoms with Crippen LogP contribution >= 0.6 is 0 Å². The Morgan fingerprint density at radius 1 is 1.32 bits per heavy atom. The number of nitrogens with zero attached hydrogens (tertiary/aromatic N) is 5. The third-order valence-electron chi connectivity index (χ3n) is 5.08. The van der Waals surface area contributed by atoms with E-state index in [0.29, 0.717) is 18.9 Å². The van der Waals surface area contributed by atoms with Crippen LogP contribution in [0, 0.1) is 5.92 Å². The van der Waals surface area contributed by atoms with Crippen LogP contribution in [-0.2, 0) is 11.3 Å². The first kappa shape index (κ1) is 17.7. The molecule has 0 saturated carbocycles. The van der Waals surface area contributed by atoms with Crippen LogP contribution in [0.2, 0.25) is 0 Å². The minimum atomic E-state index is -0.198. The molecule has 1 aromatic heterocycles. The van der Waals surface area contributed by atoms with Gasteiger partial charge in [-0.05, 0) is 39.5 Å². The summed E-state index contributed by atoms with van der Waals surface area (Å²) in [4.78, 5) is 32.3. The molecule has 0 bridgehead atoms. The summed E-state index contributed by atoms with van der Waals surface area (Å²) in [5.74, 6) is 0.638. The molecule has 0 aromatic carbocycles. The van der Waals surface area contributed by atoms with Crippen LogP contribution in [-0.4, -0.2) is 67.7 Å². The third kappa shape index (κ3) is 4.29. The highest BCUT2D eigenvalue weighted by Gasteiger charge is 2.37. The fraction of sp³-hybridized carbons (Fsp3) is 0.765. The molecular formula is C17H28N6O2. The largest absolute Gasteiger partial charge is 0.336 e. The van der Waals surface area contributed by atoms with Crippen LogP contribution in [0.5, 0.6) is 0 Å². The van der Waals surface area contributed by atoms with Crippen LogP contribution in [0.15, 0.2) is 12.7 Å². The van der Waals surface area contributed by atoms with Gasteiger partial charge in [0.15, 0.2) is 0 Å². The predicted octanol–water partition coefficient (Wildman–Crippen LogP) is 1.10. The number of piperidine rings is 1. The number of rotatable bonds is 3. The van der Waals surface area contributed by atoms with Crippen molar-refractivity contribution in [2.45, 2.75) is 58.2 Å². The van der Waals surface area contributed by atoms with Crippen molar-refractivity contribution in [1.82, 2.24) is 29.9 Å². The average Bonchev–Trinajstić information content (AvgIpc) is 3.17. The molecule has 1 aromatic rings. The van der Waals surface area contributed by atoms with Crippen molar-refractivity contribution >= 4 is 11.9 Å². The topological polar surface area (TPSA) is 83.4 Å². The second-order valence-corrected chi connectivity index (χ2v) is 8.07. The number of amides is 3. The van der Waals surface area contributed by atoms with Crippen molar-refractivity contribution in [3.63, 3.8) is 0 Å². The van der Waals surface area contributed by atoms with Crippen molar-refractivity contribution in [1.29, 1.82) is 0 Å². The summed E-state index contributed by atoms with van der Waals surface area (Å²) in [6.45, 7) is 9.01. The third-order valence-corrected chi connectivity index (χ3v) is 5.08. The van der Waals surface area contributed by atoms with E-state index in [1.165, 1.54) is 0 Å². The van der Waals surface area contributed by atoms with Crippen LogP contribution in [0.4, 0.5) is 4.79 Å². The second kappa shape index (κ2) is 7.01. The zero-order chi connectivity index (χ0) is 18.0. The Hall–Kier alpha value is -2.12. The lowest BCUT2D eigenvalue weighted by Crippen LogP contribution is -2.49. The van der Waals surface area contributed by atoms with Gasteiger partial charge in [-0.25, -0.2) is 9.78 Å². The molecule has 1 N–H and O–H groups in total. The van der Waals surface area contributed by atoms with E-state index in [4.69, 9.17) is 0 Å². The molecule has 138 valence electrons. The molecule has 3 amide bonds. The smallest absolute Gasteiger partial charge is 0.317 e. The predicted molar refractivity (Wildman–Crippen MR) is 92.7 cm³/mol. The zero-order valence-corrected chi connectivity index (χ0v) is 15.3. The molecule has 2 aliphatic rings. The summed E-state index contributed by atoms with van der Waals surface area (Å²) in [5, 5.41) is 7.18. The molecule has 8 heteroatoms. The van der Waals surface area contributed by atoms with Gasteiger partial charge in [-0.1, -0.05) is 0 Å². The molecule has 0 spiro atoms. The van der Waals surface area contributed by atoms with Crippen molar-refractivity contribution < 1.29 is 9.59 Å². The highest BCUT2D eigenvalue weighted by Crippen LogP contribution is 2.23. The number of nitrogens with one attached hydrogen (secondary N) is 1. The number of carbonyl (C=O) groups excluding carboxylic acids is 2. The second-order valence-electron chi connectivity index (χ2n) is 8.07. The SMILES string of the molecule is CC(C)(C)N1C[C@H](NC(=O)N2CCC(Cn3cncn3)CC2)CC1=O. The fourth-order valence-corrected chi connectivity index (χ4v) is 3.63. The molecule has 3 heterocycles. The van der Waals surface area contributed by atoms with Crippen molar-refractivity contribution in [2.75, 3.05) is 19.6 Å². The average molecular weight is 348 g/mol. The first-order valence-electron chi connectivity index (χ1n) is 9.01. The van der Waals surface area contributed by atoms with Gasteiger partial charge in [0.25, 0.3) is 0 Å². The summed E-state index contributed by atoms with van der Waals surface area (Å²) < 4.78 is 1.85. The van der Waals surface area contributed by atoms with Gasteiger partial charge in [-0.15, -0.1) is 0 Å². The van der Waals surface area contributed by atoms with Gasteiger partial charge in [-0.3, -0.25) is 9.48 Å². The molecule has 2 aliphatic heterocycles. The fourth-order valence-electron chi connectivity index (χ4n) is 3.63. The quantitative estimate of drug-likeness (QED) is 0.887. The lowest BCUT2D eigenvalue weighted by Gasteiger charge is -2.33. The van der Waals surface area contributed by atoms with E-state index in [1.807, 2.05) is 35.3 Å². The summed E-state index contributed by atoms with van der Waals surface area (Å²) in [6, 6.07) is -0.139. The monoisotopic (exact) mass is 348 g/mol. The minimum Gasteiger partial charge on any atom is -0.336 e. The number of aromatic nitrogens is 3. The van der Waals surface area contributed by atoms with Crippen LogP contribution in [0.25, 0.3) is 0 Å². The van der Waals surface area contributed by atoms with E-state index in [-0.39, 0.29) is 23.5 Å². The highest BCUT2D eigenvalue weighted by atomic mass is 16.2. The van der Waals surface area contributed by atoms with E-state index in [2.05, 4.69) is 15.4 Å². The van der Waals surface area contributed by atoms with Gasteiger partial charge in [-0.2, -0.15) is 5.10 Å². The molecule has 1 atom stereocenters. The zero-order valence-electron chi connectivity index (χ0n) is 15.3. The van der Waals surface area contributed by atoms with Gasteiger partial charge in [0.05, 0.1) is 6.04 Å². The van der Waals surface area contributed by atoms with E-state index < -0.39 is 0 Å². The molecular weight excluding hydrogens is 320 g/mol. The lowest BCUT2D eigenvalue weighted by molar-refractivity contribution is -0.131. The number of carbonyl (C=O) groups is 2. The Morgan fingerprint density at radius 2 is 2.04 bits per heavy atom. The first-order valence-corrected chi connectivity index (χ1v) is 9.01. The van der Waals surface area contributed by atoms with E-state index in [9.17, 15) is 9.59 Å². The normalized spacial score (nSPS) is 22.5. The van der Waals surface area contributed by atoms with Gasteiger partial charge >= 0.3 is 6.03 Å². The number of hydrogen-bond acceptors (Lipinski definition) is 4. The summed E-state index contributed by atoms with van der Waals surface area (Å²) in [5.41, 5.74) is -0.198. The Morgan fingerprint density at radius 3 is 2.60 bits per heavy atom. The van der Waals surface area contributed by atoms with E-state index >= 15 is 0 Å². The molecule has 2 fully saturated rings. The maximum absolute atomic E-state index is 12.5. The van der Waals surface area contributed by atoms with Crippen LogP contribution in [0.1, 0.15) is 40.0 Å². The Bertz CT molecular complexity index is 601. The van der Waals surface area contributed by atoms with Crippen molar-refractivity contribution in [3.8, 4) is 0 Å².